The number of hydrogen-bond donors (Lipinski definition) is 1. The second-order valence-electron chi connectivity index (χ2n) is 3.51. The molecule has 1 N–H and O–H groups in total. The molecule has 1 amide bonds. The summed E-state index contributed by atoms with van der Waals surface area (Å²) in [5, 5.41) is 2.85. The van der Waals surface area contributed by atoms with Gasteiger partial charge in [0.2, 0.25) is 5.76 Å². The van der Waals surface area contributed by atoms with E-state index < -0.39 is 5.91 Å². The van der Waals surface area contributed by atoms with Crippen LogP contribution in [0.4, 0.5) is 5.69 Å². The van der Waals surface area contributed by atoms with Gasteiger partial charge < -0.3 is 14.8 Å². The van der Waals surface area contributed by atoms with Gasteiger partial charge in [0, 0.05) is 6.20 Å². The topological polar surface area (TPSA) is 60.5 Å². The average molecular weight is 255 g/mol. The molecule has 17 heavy (non-hydrogen) atoms. The van der Waals surface area contributed by atoms with E-state index in [1.807, 2.05) is 6.92 Å². The molecule has 0 bridgehead atoms. The lowest BCUT2D eigenvalue weighted by molar-refractivity contribution is -0.117. The highest BCUT2D eigenvalue weighted by Gasteiger charge is 2.16. The van der Waals surface area contributed by atoms with Crippen molar-refractivity contribution in [3.8, 4) is 0 Å². The van der Waals surface area contributed by atoms with Crippen LogP contribution in [0.3, 0.4) is 0 Å². The number of nitrogens with one attached hydrogen (secondary N) is 1. The summed E-state index contributed by atoms with van der Waals surface area (Å²) in [6.45, 7) is 2.67. The highest BCUT2D eigenvalue weighted by atomic mass is 35.5. The lowest BCUT2D eigenvalue weighted by Gasteiger charge is -2.15. The zero-order chi connectivity index (χ0) is 12.3. The van der Waals surface area contributed by atoms with Gasteiger partial charge in [-0.2, -0.15) is 0 Å². The number of halogens is 1. The van der Waals surface area contributed by atoms with Crippen molar-refractivity contribution in [2.24, 2.45) is 0 Å². The maximum atomic E-state index is 11.8. The SMILES string of the molecule is Cc1cnc(Cl)c(NC(=O)C2=COCCO2)c1. The first-order valence-corrected chi connectivity index (χ1v) is 5.42. The van der Waals surface area contributed by atoms with E-state index in [-0.39, 0.29) is 10.9 Å². The normalized spacial score (nSPS) is 14.4. The predicted molar refractivity (Wildman–Crippen MR) is 62.6 cm³/mol. The number of anilines is 1. The molecule has 1 aromatic rings. The zero-order valence-electron chi connectivity index (χ0n) is 9.20. The van der Waals surface area contributed by atoms with Gasteiger partial charge in [0.1, 0.15) is 19.5 Å². The van der Waals surface area contributed by atoms with Crippen molar-refractivity contribution < 1.29 is 14.3 Å². The molecule has 1 aliphatic rings. The minimum Gasteiger partial charge on any atom is -0.494 e. The van der Waals surface area contributed by atoms with Gasteiger partial charge in [-0.05, 0) is 18.6 Å². The Morgan fingerprint density at radius 2 is 2.35 bits per heavy atom. The van der Waals surface area contributed by atoms with Gasteiger partial charge in [-0.15, -0.1) is 0 Å². The van der Waals surface area contributed by atoms with Crippen molar-refractivity contribution in [2.45, 2.75) is 6.92 Å². The molecule has 1 aromatic heterocycles. The van der Waals surface area contributed by atoms with Crippen LogP contribution in [0.5, 0.6) is 0 Å². The van der Waals surface area contributed by atoms with Gasteiger partial charge in [-0.25, -0.2) is 4.98 Å². The first-order valence-electron chi connectivity index (χ1n) is 5.05. The molecule has 6 heteroatoms. The number of ether oxygens (including phenoxy) is 2. The van der Waals surface area contributed by atoms with Crippen molar-refractivity contribution in [1.82, 2.24) is 4.98 Å². The molecule has 0 spiro atoms. The van der Waals surface area contributed by atoms with E-state index in [1.165, 1.54) is 6.26 Å². The number of amides is 1. The molecular formula is C11H11ClN2O3. The van der Waals surface area contributed by atoms with E-state index in [4.69, 9.17) is 21.1 Å². The Bertz CT molecular complexity index is 474. The fourth-order valence-corrected chi connectivity index (χ4v) is 1.46. The van der Waals surface area contributed by atoms with E-state index in [0.29, 0.717) is 18.9 Å². The third-order valence-corrected chi connectivity index (χ3v) is 2.40. The van der Waals surface area contributed by atoms with Crippen LogP contribution in [-0.2, 0) is 14.3 Å². The third kappa shape index (κ3) is 2.88. The summed E-state index contributed by atoms with van der Waals surface area (Å²) in [4.78, 5) is 15.7. The molecule has 2 heterocycles. The van der Waals surface area contributed by atoms with Crippen molar-refractivity contribution in [1.29, 1.82) is 0 Å². The summed E-state index contributed by atoms with van der Waals surface area (Å²) < 4.78 is 10.1. The second-order valence-corrected chi connectivity index (χ2v) is 3.86. The standard InChI is InChI=1S/C11H11ClN2O3/c1-7-4-8(10(12)13-5-7)14-11(15)9-6-16-2-3-17-9/h4-6H,2-3H2,1H3,(H,14,15). The number of carbonyl (C=O) groups is 1. The lowest BCUT2D eigenvalue weighted by atomic mass is 10.3. The predicted octanol–water partition coefficient (Wildman–Crippen LogP) is 1.87. The highest BCUT2D eigenvalue weighted by molar-refractivity contribution is 6.32. The summed E-state index contributed by atoms with van der Waals surface area (Å²) >= 11 is 5.86. The Morgan fingerprint density at radius 3 is 3.06 bits per heavy atom. The van der Waals surface area contributed by atoms with Gasteiger partial charge in [-0.1, -0.05) is 11.6 Å². The Hall–Kier alpha value is -1.75. The summed E-state index contributed by atoms with van der Waals surface area (Å²) in [6.07, 6.45) is 2.91. The average Bonchev–Trinajstić information content (AvgIpc) is 2.35. The lowest BCUT2D eigenvalue weighted by Crippen LogP contribution is -2.21. The van der Waals surface area contributed by atoms with Crippen molar-refractivity contribution in [3.05, 3.63) is 35.0 Å². The van der Waals surface area contributed by atoms with Crippen LogP contribution in [0, 0.1) is 6.92 Å². The van der Waals surface area contributed by atoms with Crippen molar-refractivity contribution >= 4 is 23.2 Å². The third-order valence-electron chi connectivity index (χ3n) is 2.10. The molecule has 0 atom stereocenters. The Morgan fingerprint density at radius 1 is 1.53 bits per heavy atom. The number of nitrogens with zero attached hydrogens (tertiary/aromatic N) is 1. The Labute approximate surface area is 103 Å². The first kappa shape index (κ1) is 11.7. The van der Waals surface area contributed by atoms with Crippen LogP contribution in [0.25, 0.3) is 0 Å². The molecule has 0 fully saturated rings. The fourth-order valence-electron chi connectivity index (χ4n) is 1.31. The van der Waals surface area contributed by atoms with E-state index in [2.05, 4.69) is 10.3 Å². The van der Waals surface area contributed by atoms with Crippen LogP contribution >= 0.6 is 11.6 Å². The molecule has 2 rings (SSSR count). The maximum absolute atomic E-state index is 11.8. The smallest absolute Gasteiger partial charge is 0.294 e. The molecule has 0 aliphatic carbocycles. The summed E-state index contributed by atoms with van der Waals surface area (Å²) in [6, 6.07) is 1.73. The summed E-state index contributed by atoms with van der Waals surface area (Å²) in [5.41, 5.74) is 1.35. The van der Waals surface area contributed by atoms with E-state index in [0.717, 1.165) is 5.56 Å². The van der Waals surface area contributed by atoms with Crippen LogP contribution in [0.2, 0.25) is 5.15 Å². The molecule has 90 valence electrons. The zero-order valence-corrected chi connectivity index (χ0v) is 9.95. The molecular weight excluding hydrogens is 244 g/mol. The summed E-state index contributed by atoms with van der Waals surface area (Å²) in [5.74, 6) is -0.271. The van der Waals surface area contributed by atoms with Crippen LogP contribution in [-0.4, -0.2) is 24.1 Å². The molecule has 0 aromatic carbocycles. The van der Waals surface area contributed by atoms with Crippen LogP contribution in [0.15, 0.2) is 24.3 Å². The number of aryl methyl sites for hydroxylation is 1. The molecule has 0 unspecified atom stereocenters. The largest absolute Gasteiger partial charge is 0.494 e. The van der Waals surface area contributed by atoms with E-state index in [1.54, 1.807) is 12.3 Å². The second kappa shape index (κ2) is 5.05. The van der Waals surface area contributed by atoms with Gasteiger partial charge in [0.25, 0.3) is 5.91 Å². The number of rotatable bonds is 2. The summed E-state index contributed by atoms with van der Waals surface area (Å²) in [7, 11) is 0. The number of aromatic nitrogens is 1. The maximum Gasteiger partial charge on any atom is 0.294 e. The van der Waals surface area contributed by atoms with Gasteiger partial charge in [-0.3, -0.25) is 4.79 Å². The Balaban J connectivity index is 2.12. The van der Waals surface area contributed by atoms with Crippen LogP contribution < -0.4 is 5.32 Å². The highest BCUT2D eigenvalue weighted by Crippen LogP contribution is 2.20. The number of carbonyl (C=O) groups excluding carboxylic acids is 1. The molecule has 5 nitrogen and oxygen atoms in total. The fraction of sp³-hybridized carbons (Fsp3) is 0.273. The van der Waals surface area contributed by atoms with Gasteiger partial charge in [0.15, 0.2) is 5.15 Å². The minimum absolute atomic E-state index is 0.133. The molecule has 0 radical (unpaired) electrons. The monoisotopic (exact) mass is 254 g/mol. The van der Waals surface area contributed by atoms with E-state index in [9.17, 15) is 4.79 Å². The van der Waals surface area contributed by atoms with E-state index >= 15 is 0 Å². The molecule has 1 aliphatic heterocycles. The van der Waals surface area contributed by atoms with Crippen molar-refractivity contribution in [2.75, 3.05) is 18.5 Å². The Kier molecular flexibility index (Phi) is 3.49. The van der Waals surface area contributed by atoms with Crippen molar-refractivity contribution in [3.63, 3.8) is 0 Å². The van der Waals surface area contributed by atoms with Gasteiger partial charge in [0.05, 0.1) is 5.69 Å². The molecule has 0 saturated heterocycles. The van der Waals surface area contributed by atoms with Crippen LogP contribution in [0.1, 0.15) is 5.56 Å². The minimum atomic E-state index is -0.404. The molecule has 0 saturated carbocycles. The van der Waals surface area contributed by atoms with Gasteiger partial charge >= 0.3 is 0 Å². The quantitative estimate of drug-likeness (QED) is 0.819. The first-order chi connectivity index (χ1) is 8.16. The number of pyridine rings is 1. The number of hydrogen-bond acceptors (Lipinski definition) is 4.